The van der Waals surface area contributed by atoms with Crippen molar-refractivity contribution >= 4 is 11.9 Å². The second-order valence-electron chi connectivity index (χ2n) is 5.73. The summed E-state index contributed by atoms with van der Waals surface area (Å²) < 4.78 is 0. The van der Waals surface area contributed by atoms with Crippen molar-refractivity contribution in [1.82, 2.24) is 4.90 Å². The molecule has 0 bridgehead atoms. The summed E-state index contributed by atoms with van der Waals surface area (Å²) in [5.74, 6) is -1.28. The molecule has 1 atom stereocenters. The summed E-state index contributed by atoms with van der Waals surface area (Å²) in [4.78, 5) is 25.2. The lowest BCUT2D eigenvalue weighted by Crippen LogP contribution is -2.42. The maximum atomic E-state index is 12.4. The number of unbranched alkanes of at least 4 members (excludes halogenated alkanes) is 1. The number of carbonyl (C=O) groups is 2. The Morgan fingerprint density at radius 1 is 1.29 bits per heavy atom. The summed E-state index contributed by atoms with van der Waals surface area (Å²) in [6.07, 6.45) is 4.77. The Kier molecular flexibility index (Phi) is 5.37. The van der Waals surface area contributed by atoms with Crippen molar-refractivity contribution in [3.8, 4) is 0 Å². The summed E-state index contributed by atoms with van der Waals surface area (Å²) in [5.41, 5.74) is 1.90. The van der Waals surface area contributed by atoms with Crippen LogP contribution in [-0.2, 0) is 11.2 Å². The summed E-state index contributed by atoms with van der Waals surface area (Å²) in [7, 11) is 0. The van der Waals surface area contributed by atoms with Gasteiger partial charge in [-0.2, -0.15) is 0 Å². The summed E-state index contributed by atoms with van der Waals surface area (Å²) in [6, 6.07) is 7.72. The lowest BCUT2D eigenvalue weighted by atomic mass is 9.97. The van der Waals surface area contributed by atoms with Crippen LogP contribution in [0.25, 0.3) is 0 Å². The highest BCUT2D eigenvalue weighted by Crippen LogP contribution is 2.19. The Morgan fingerprint density at radius 3 is 2.62 bits per heavy atom. The SMILES string of the molecule is CCCCc1ccc(C(=O)N2CCC[C@@H](C(=O)O)C2)cc1. The minimum atomic E-state index is -0.803. The van der Waals surface area contributed by atoms with Crippen LogP contribution in [0.4, 0.5) is 0 Å². The van der Waals surface area contributed by atoms with Gasteiger partial charge in [-0.1, -0.05) is 25.5 Å². The quantitative estimate of drug-likeness (QED) is 0.906. The van der Waals surface area contributed by atoms with Crippen molar-refractivity contribution in [2.24, 2.45) is 5.92 Å². The predicted octanol–water partition coefficient (Wildman–Crippen LogP) is 2.97. The van der Waals surface area contributed by atoms with E-state index in [0.29, 0.717) is 25.1 Å². The first-order chi connectivity index (χ1) is 10.1. The fraction of sp³-hybridized carbons (Fsp3) is 0.529. The third-order valence-corrected chi connectivity index (χ3v) is 4.08. The van der Waals surface area contributed by atoms with Gasteiger partial charge in [-0.25, -0.2) is 0 Å². The van der Waals surface area contributed by atoms with Crippen molar-refractivity contribution in [1.29, 1.82) is 0 Å². The average molecular weight is 289 g/mol. The fourth-order valence-electron chi connectivity index (χ4n) is 2.74. The molecule has 0 radical (unpaired) electrons. The highest BCUT2D eigenvalue weighted by molar-refractivity contribution is 5.94. The number of aryl methyl sites for hydroxylation is 1. The van der Waals surface area contributed by atoms with Crippen molar-refractivity contribution in [3.05, 3.63) is 35.4 Å². The van der Waals surface area contributed by atoms with Crippen LogP contribution in [0.1, 0.15) is 48.5 Å². The van der Waals surface area contributed by atoms with Gasteiger partial charge in [-0.05, 0) is 43.4 Å². The van der Waals surface area contributed by atoms with E-state index >= 15 is 0 Å². The van der Waals surface area contributed by atoms with Crippen LogP contribution in [0.2, 0.25) is 0 Å². The number of benzene rings is 1. The number of carbonyl (C=O) groups excluding carboxylic acids is 1. The Bertz CT molecular complexity index is 495. The molecule has 1 aliphatic heterocycles. The third-order valence-electron chi connectivity index (χ3n) is 4.08. The van der Waals surface area contributed by atoms with E-state index in [9.17, 15) is 9.59 Å². The Morgan fingerprint density at radius 2 is 2.00 bits per heavy atom. The lowest BCUT2D eigenvalue weighted by Gasteiger charge is -2.30. The number of rotatable bonds is 5. The van der Waals surface area contributed by atoms with E-state index < -0.39 is 11.9 Å². The van der Waals surface area contributed by atoms with Gasteiger partial charge in [0, 0.05) is 18.7 Å². The molecule has 4 heteroatoms. The van der Waals surface area contributed by atoms with Crippen molar-refractivity contribution in [3.63, 3.8) is 0 Å². The topological polar surface area (TPSA) is 57.6 Å². The van der Waals surface area contributed by atoms with Gasteiger partial charge < -0.3 is 10.0 Å². The number of nitrogens with zero attached hydrogens (tertiary/aromatic N) is 1. The standard InChI is InChI=1S/C17H23NO3/c1-2-3-5-13-7-9-14(10-8-13)16(19)18-11-4-6-15(12-18)17(20)21/h7-10,15H,2-6,11-12H2,1H3,(H,20,21)/t15-/m1/s1. The van der Waals surface area contributed by atoms with Gasteiger partial charge in [-0.15, -0.1) is 0 Å². The second kappa shape index (κ2) is 7.25. The van der Waals surface area contributed by atoms with Crippen LogP contribution in [0, 0.1) is 5.92 Å². The zero-order valence-electron chi connectivity index (χ0n) is 12.5. The smallest absolute Gasteiger partial charge is 0.308 e. The van der Waals surface area contributed by atoms with Crippen LogP contribution in [0.15, 0.2) is 24.3 Å². The molecule has 1 aromatic carbocycles. The first-order valence-corrected chi connectivity index (χ1v) is 7.73. The first kappa shape index (κ1) is 15.5. The maximum absolute atomic E-state index is 12.4. The van der Waals surface area contributed by atoms with Crippen molar-refractivity contribution < 1.29 is 14.7 Å². The predicted molar refractivity (Wildman–Crippen MR) is 81.3 cm³/mol. The maximum Gasteiger partial charge on any atom is 0.308 e. The Labute approximate surface area is 125 Å². The minimum Gasteiger partial charge on any atom is -0.481 e. The molecule has 114 valence electrons. The molecule has 1 saturated heterocycles. The van der Waals surface area contributed by atoms with Crippen LogP contribution in [-0.4, -0.2) is 35.0 Å². The molecule has 1 heterocycles. The zero-order valence-corrected chi connectivity index (χ0v) is 12.5. The number of carboxylic acids is 1. The van der Waals surface area contributed by atoms with E-state index in [0.717, 1.165) is 25.7 Å². The molecular weight excluding hydrogens is 266 g/mol. The molecular formula is C17H23NO3. The molecule has 1 fully saturated rings. The summed E-state index contributed by atoms with van der Waals surface area (Å²) in [6.45, 7) is 3.14. The zero-order chi connectivity index (χ0) is 15.2. The average Bonchev–Trinajstić information content (AvgIpc) is 2.53. The molecule has 4 nitrogen and oxygen atoms in total. The van der Waals surface area contributed by atoms with Gasteiger partial charge in [-0.3, -0.25) is 9.59 Å². The van der Waals surface area contributed by atoms with Crippen molar-refractivity contribution in [2.75, 3.05) is 13.1 Å². The number of piperidine rings is 1. The van der Waals surface area contributed by atoms with Crippen LogP contribution >= 0.6 is 0 Å². The molecule has 1 amide bonds. The Hall–Kier alpha value is -1.84. The molecule has 2 rings (SSSR count). The lowest BCUT2D eigenvalue weighted by molar-refractivity contribution is -0.143. The van der Waals surface area contributed by atoms with Crippen LogP contribution in [0.5, 0.6) is 0 Å². The normalized spacial score (nSPS) is 18.5. The monoisotopic (exact) mass is 289 g/mol. The highest BCUT2D eigenvalue weighted by Gasteiger charge is 2.28. The van der Waals surface area contributed by atoms with Crippen LogP contribution in [0.3, 0.4) is 0 Å². The first-order valence-electron chi connectivity index (χ1n) is 7.73. The summed E-state index contributed by atoms with van der Waals surface area (Å²) >= 11 is 0. The molecule has 1 N–H and O–H groups in total. The van der Waals surface area contributed by atoms with Gasteiger partial charge in [0.1, 0.15) is 0 Å². The largest absolute Gasteiger partial charge is 0.481 e. The number of carboxylic acid groups (broad SMARTS) is 1. The Balaban J connectivity index is 2.00. The molecule has 0 aliphatic carbocycles. The van der Waals surface area contributed by atoms with Crippen molar-refractivity contribution in [2.45, 2.75) is 39.0 Å². The number of hydrogen-bond acceptors (Lipinski definition) is 2. The van der Waals surface area contributed by atoms with Gasteiger partial charge in [0.25, 0.3) is 5.91 Å². The van der Waals surface area contributed by atoms with Gasteiger partial charge in [0.05, 0.1) is 5.92 Å². The highest BCUT2D eigenvalue weighted by atomic mass is 16.4. The second-order valence-corrected chi connectivity index (χ2v) is 5.73. The van der Waals surface area contributed by atoms with Gasteiger partial charge >= 0.3 is 5.97 Å². The molecule has 1 aromatic rings. The van der Waals surface area contributed by atoms with E-state index in [1.165, 1.54) is 5.56 Å². The van der Waals surface area contributed by atoms with E-state index in [1.807, 2.05) is 24.3 Å². The van der Waals surface area contributed by atoms with Gasteiger partial charge in [0.15, 0.2) is 0 Å². The van der Waals surface area contributed by atoms with Crippen LogP contribution < -0.4 is 0 Å². The molecule has 0 spiro atoms. The molecule has 1 aliphatic rings. The third kappa shape index (κ3) is 4.06. The molecule has 0 aromatic heterocycles. The molecule has 0 saturated carbocycles. The number of aliphatic carboxylic acids is 1. The van der Waals surface area contributed by atoms with E-state index in [1.54, 1.807) is 4.90 Å². The fourth-order valence-corrected chi connectivity index (χ4v) is 2.74. The summed E-state index contributed by atoms with van der Waals surface area (Å²) in [5, 5.41) is 9.09. The van der Waals surface area contributed by atoms with E-state index in [2.05, 4.69) is 6.92 Å². The van der Waals surface area contributed by atoms with E-state index in [-0.39, 0.29) is 5.91 Å². The minimum absolute atomic E-state index is 0.0528. The number of hydrogen-bond donors (Lipinski definition) is 1. The van der Waals surface area contributed by atoms with Gasteiger partial charge in [0.2, 0.25) is 0 Å². The van der Waals surface area contributed by atoms with E-state index in [4.69, 9.17) is 5.11 Å². The number of amides is 1. The molecule has 0 unspecified atom stereocenters. The molecule has 21 heavy (non-hydrogen) atoms. The number of likely N-dealkylation sites (tertiary alicyclic amines) is 1.